The molecule has 0 spiro atoms. The van der Waals surface area contributed by atoms with Crippen LogP contribution in [0.2, 0.25) is 0 Å². The molecule has 7 nitrogen and oxygen atoms in total. The molecule has 0 amide bonds. The smallest absolute Gasteiger partial charge is 0.258 e. The van der Waals surface area contributed by atoms with E-state index < -0.39 is 0 Å². The lowest BCUT2D eigenvalue weighted by Crippen LogP contribution is -2.30. The van der Waals surface area contributed by atoms with E-state index in [-0.39, 0.29) is 5.78 Å². The third-order valence-corrected chi connectivity index (χ3v) is 6.86. The van der Waals surface area contributed by atoms with Crippen LogP contribution in [0.25, 0.3) is 33.7 Å². The minimum Gasteiger partial charge on any atom is -0.371 e. The van der Waals surface area contributed by atoms with Gasteiger partial charge in [-0.05, 0) is 74.1 Å². The predicted molar refractivity (Wildman–Crippen MR) is 138 cm³/mol. The average Bonchev–Trinajstić information content (AvgIpc) is 3.55. The van der Waals surface area contributed by atoms with E-state index in [1.165, 1.54) is 30.5 Å². The zero-order chi connectivity index (χ0) is 24.2. The molecule has 1 aliphatic rings. The zero-order valence-corrected chi connectivity index (χ0v) is 20.7. The van der Waals surface area contributed by atoms with Crippen molar-refractivity contribution in [3.63, 3.8) is 0 Å². The number of carbonyl (C=O) groups is 1. The quantitative estimate of drug-likeness (QED) is 0.295. The van der Waals surface area contributed by atoms with Crippen LogP contribution >= 0.6 is 0 Å². The van der Waals surface area contributed by atoms with Gasteiger partial charge in [-0.2, -0.15) is 10.1 Å². The number of anilines is 1. The van der Waals surface area contributed by atoms with E-state index in [0.29, 0.717) is 31.1 Å². The molecule has 1 saturated heterocycles. The molecule has 0 bridgehead atoms. The molecule has 35 heavy (non-hydrogen) atoms. The van der Waals surface area contributed by atoms with Crippen molar-refractivity contribution in [2.45, 2.75) is 65.3 Å². The van der Waals surface area contributed by atoms with Crippen LogP contribution in [0.4, 0.5) is 5.69 Å². The fraction of sp³-hybridized carbons (Fsp3) is 0.429. The lowest BCUT2D eigenvalue weighted by atomic mass is 10.0. The standard InChI is InChI=1S/C28H33N5O2/c1-3-8-24(34)13-16-33-26-12-9-21(18-23(26)19-29-33)27-30-28(35-31-27)22-10-11-25(20(4-2)17-22)32-14-6-5-7-15-32/h9-12,17-19H,3-8,13-16H2,1-2H3. The molecule has 5 rings (SSSR count). The Bertz CT molecular complexity index is 1320. The van der Waals surface area contributed by atoms with Gasteiger partial charge in [0.2, 0.25) is 5.82 Å². The van der Waals surface area contributed by atoms with Gasteiger partial charge in [0.25, 0.3) is 5.89 Å². The molecule has 4 aromatic rings. The predicted octanol–water partition coefficient (Wildman–Crippen LogP) is 6.07. The van der Waals surface area contributed by atoms with Crippen LogP contribution in [-0.2, 0) is 17.8 Å². The first kappa shape index (κ1) is 23.3. The Morgan fingerprint density at radius 3 is 2.63 bits per heavy atom. The summed E-state index contributed by atoms with van der Waals surface area (Å²) in [6.07, 6.45) is 8.67. The van der Waals surface area contributed by atoms with Gasteiger partial charge in [0.05, 0.1) is 11.7 Å². The maximum Gasteiger partial charge on any atom is 0.258 e. The number of nitrogens with zero attached hydrogens (tertiary/aromatic N) is 5. The van der Waals surface area contributed by atoms with Gasteiger partial charge in [-0.1, -0.05) is 19.0 Å². The van der Waals surface area contributed by atoms with Crippen molar-refractivity contribution in [3.8, 4) is 22.8 Å². The molecule has 182 valence electrons. The van der Waals surface area contributed by atoms with Crippen molar-refractivity contribution < 1.29 is 9.32 Å². The highest BCUT2D eigenvalue weighted by atomic mass is 16.5. The molecule has 0 aliphatic carbocycles. The van der Waals surface area contributed by atoms with Crippen molar-refractivity contribution in [3.05, 3.63) is 48.2 Å². The Labute approximate surface area is 206 Å². The van der Waals surface area contributed by atoms with E-state index in [1.807, 2.05) is 36.0 Å². The SMILES string of the molecule is CCCC(=O)CCn1ncc2cc(-c3noc(-c4ccc(N5CCCCC5)c(CC)c4)n3)ccc21. The third kappa shape index (κ3) is 4.99. The summed E-state index contributed by atoms with van der Waals surface area (Å²) in [4.78, 5) is 19.1. The number of benzene rings is 2. The minimum absolute atomic E-state index is 0.280. The van der Waals surface area contributed by atoms with E-state index in [1.54, 1.807) is 0 Å². The average molecular weight is 472 g/mol. The van der Waals surface area contributed by atoms with Crippen molar-refractivity contribution in [1.29, 1.82) is 0 Å². The van der Waals surface area contributed by atoms with Crippen molar-refractivity contribution >= 4 is 22.4 Å². The van der Waals surface area contributed by atoms with Crippen molar-refractivity contribution in [1.82, 2.24) is 19.9 Å². The number of aryl methyl sites for hydroxylation is 2. The molecule has 2 aromatic carbocycles. The van der Waals surface area contributed by atoms with Crippen LogP contribution in [0.5, 0.6) is 0 Å². The fourth-order valence-corrected chi connectivity index (χ4v) is 4.94. The monoisotopic (exact) mass is 471 g/mol. The summed E-state index contributed by atoms with van der Waals surface area (Å²) in [5, 5.41) is 9.73. The Morgan fingerprint density at radius 2 is 1.83 bits per heavy atom. The van der Waals surface area contributed by atoms with Gasteiger partial charge >= 0.3 is 0 Å². The second kappa shape index (κ2) is 10.4. The highest BCUT2D eigenvalue weighted by Crippen LogP contribution is 2.31. The van der Waals surface area contributed by atoms with Gasteiger partial charge in [-0.3, -0.25) is 9.48 Å². The molecule has 1 aliphatic heterocycles. The van der Waals surface area contributed by atoms with E-state index in [9.17, 15) is 4.79 Å². The lowest BCUT2D eigenvalue weighted by Gasteiger charge is -2.30. The van der Waals surface area contributed by atoms with Gasteiger partial charge in [0, 0.05) is 54.7 Å². The number of hydrogen-bond donors (Lipinski definition) is 0. The van der Waals surface area contributed by atoms with Crippen LogP contribution < -0.4 is 4.90 Å². The summed E-state index contributed by atoms with van der Waals surface area (Å²) in [7, 11) is 0. The zero-order valence-electron chi connectivity index (χ0n) is 20.7. The van der Waals surface area contributed by atoms with E-state index in [4.69, 9.17) is 9.51 Å². The summed E-state index contributed by atoms with van der Waals surface area (Å²) in [5.41, 5.74) is 5.48. The van der Waals surface area contributed by atoms with Gasteiger partial charge in [-0.25, -0.2) is 0 Å². The van der Waals surface area contributed by atoms with Gasteiger partial charge in [-0.15, -0.1) is 0 Å². The second-order valence-corrected chi connectivity index (χ2v) is 9.35. The largest absolute Gasteiger partial charge is 0.371 e. The first-order valence-corrected chi connectivity index (χ1v) is 12.9. The molecular weight excluding hydrogens is 438 g/mol. The van der Waals surface area contributed by atoms with Gasteiger partial charge in [0.15, 0.2) is 0 Å². The van der Waals surface area contributed by atoms with Crippen LogP contribution in [0, 0.1) is 0 Å². The summed E-state index contributed by atoms with van der Waals surface area (Å²) in [5.74, 6) is 1.37. The maximum atomic E-state index is 11.9. The number of fused-ring (bicyclic) bond motifs is 1. The molecule has 3 heterocycles. The van der Waals surface area contributed by atoms with Crippen LogP contribution in [-0.4, -0.2) is 38.8 Å². The summed E-state index contributed by atoms with van der Waals surface area (Å²) in [6.45, 7) is 7.08. The van der Waals surface area contributed by atoms with Crippen LogP contribution in [0.3, 0.4) is 0 Å². The second-order valence-electron chi connectivity index (χ2n) is 9.35. The van der Waals surface area contributed by atoms with Crippen molar-refractivity contribution in [2.75, 3.05) is 18.0 Å². The Morgan fingerprint density at radius 1 is 1.00 bits per heavy atom. The number of rotatable bonds is 9. The first-order valence-electron chi connectivity index (χ1n) is 12.9. The van der Waals surface area contributed by atoms with Gasteiger partial charge in [0.1, 0.15) is 5.78 Å². The van der Waals surface area contributed by atoms with E-state index in [2.05, 4.69) is 40.3 Å². The van der Waals surface area contributed by atoms with Crippen LogP contribution in [0.1, 0.15) is 57.9 Å². The number of hydrogen-bond acceptors (Lipinski definition) is 6. The maximum absolute atomic E-state index is 11.9. The fourth-order valence-electron chi connectivity index (χ4n) is 4.94. The molecule has 0 atom stereocenters. The number of carbonyl (C=O) groups excluding carboxylic acids is 1. The highest BCUT2D eigenvalue weighted by Gasteiger charge is 2.17. The van der Waals surface area contributed by atoms with E-state index in [0.717, 1.165) is 48.0 Å². The number of aromatic nitrogens is 4. The number of Topliss-reactive ketones (excluding diaryl/α,β-unsaturated/α-hetero) is 1. The highest BCUT2D eigenvalue weighted by molar-refractivity contribution is 5.84. The number of ketones is 1. The summed E-state index contributed by atoms with van der Waals surface area (Å²) in [6, 6.07) is 12.5. The molecule has 1 fully saturated rings. The lowest BCUT2D eigenvalue weighted by molar-refractivity contribution is -0.119. The molecular formula is C28H33N5O2. The molecule has 0 saturated carbocycles. The Balaban J connectivity index is 1.35. The third-order valence-electron chi connectivity index (χ3n) is 6.86. The molecule has 7 heteroatoms. The normalized spacial score (nSPS) is 14.1. The van der Waals surface area contributed by atoms with Crippen molar-refractivity contribution in [2.24, 2.45) is 0 Å². The first-order chi connectivity index (χ1) is 17.2. The summed E-state index contributed by atoms with van der Waals surface area (Å²) >= 11 is 0. The molecule has 0 N–H and O–H groups in total. The topological polar surface area (TPSA) is 77.0 Å². The molecule has 0 unspecified atom stereocenters. The minimum atomic E-state index is 0.280. The van der Waals surface area contributed by atoms with Gasteiger partial charge < -0.3 is 9.42 Å². The van der Waals surface area contributed by atoms with E-state index >= 15 is 0 Å². The Kier molecular flexibility index (Phi) is 6.93. The van der Waals surface area contributed by atoms with Crippen LogP contribution in [0.15, 0.2) is 47.1 Å². The number of piperidine rings is 1. The molecule has 2 aromatic heterocycles. The Hall–Kier alpha value is -3.48. The summed E-state index contributed by atoms with van der Waals surface area (Å²) < 4.78 is 7.56. The molecule has 0 radical (unpaired) electrons.